The summed E-state index contributed by atoms with van der Waals surface area (Å²) in [5.74, 6) is -3.09. The maximum Gasteiger partial charge on any atom is 0.333 e. The van der Waals surface area contributed by atoms with Gasteiger partial charge < -0.3 is 24.8 Å². The van der Waals surface area contributed by atoms with Crippen LogP contribution in [0.2, 0.25) is 0 Å². The number of unbranched alkanes of at least 4 members (excludes halogenated alkanes) is 2. The standard InChI is InChI=1S/C28H38F2N2O5/c1-4-36-25(26(33)34)20-22-11-13-24(14-12-22)37-18-17-32(16-7-5-6-15-28(3,29)30)27(35)31-23-10-8-9-21(2)19-23/h8-14,19,25H,4-7,15-18,20H2,1-3H3,(H,31,35)(H,33,34). The van der Waals surface area contributed by atoms with Crippen LogP contribution in [0.15, 0.2) is 48.5 Å². The second-order valence-corrected chi connectivity index (χ2v) is 9.15. The Morgan fingerprint density at radius 2 is 1.81 bits per heavy atom. The van der Waals surface area contributed by atoms with Crippen molar-refractivity contribution in [2.24, 2.45) is 0 Å². The van der Waals surface area contributed by atoms with E-state index in [1.807, 2.05) is 31.2 Å². The average Bonchev–Trinajstić information content (AvgIpc) is 2.82. The molecule has 0 saturated carbocycles. The Labute approximate surface area is 217 Å². The fourth-order valence-corrected chi connectivity index (χ4v) is 3.78. The summed E-state index contributed by atoms with van der Waals surface area (Å²) in [6, 6.07) is 14.3. The molecule has 0 spiro atoms. The van der Waals surface area contributed by atoms with Crippen molar-refractivity contribution in [3.63, 3.8) is 0 Å². The summed E-state index contributed by atoms with van der Waals surface area (Å²) in [7, 11) is 0. The van der Waals surface area contributed by atoms with Gasteiger partial charge in [-0.2, -0.15) is 0 Å². The molecule has 0 aliphatic rings. The lowest BCUT2D eigenvalue weighted by Crippen LogP contribution is -2.38. The van der Waals surface area contributed by atoms with E-state index in [0.717, 1.165) is 18.1 Å². The number of carbonyl (C=O) groups is 2. The van der Waals surface area contributed by atoms with Crippen LogP contribution in [-0.2, 0) is 16.0 Å². The molecule has 204 valence electrons. The van der Waals surface area contributed by atoms with E-state index in [0.29, 0.717) is 50.4 Å². The predicted molar refractivity (Wildman–Crippen MR) is 140 cm³/mol. The number of aryl methyl sites for hydroxylation is 1. The Bertz CT molecular complexity index is 979. The Kier molecular flexibility index (Phi) is 12.3. The molecule has 2 rings (SSSR count). The lowest BCUT2D eigenvalue weighted by atomic mass is 10.1. The number of rotatable bonds is 16. The molecule has 9 heteroatoms. The smallest absolute Gasteiger partial charge is 0.333 e. The second-order valence-electron chi connectivity index (χ2n) is 9.15. The van der Waals surface area contributed by atoms with Gasteiger partial charge in [0.15, 0.2) is 6.10 Å². The van der Waals surface area contributed by atoms with Gasteiger partial charge in [0.1, 0.15) is 12.4 Å². The van der Waals surface area contributed by atoms with Gasteiger partial charge in [0.25, 0.3) is 0 Å². The number of nitrogens with zero attached hydrogens (tertiary/aromatic N) is 1. The summed E-state index contributed by atoms with van der Waals surface area (Å²) in [6.45, 7) is 5.90. The molecule has 0 fully saturated rings. The molecule has 7 nitrogen and oxygen atoms in total. The van der Waals surface area contributed by atoms with Crippen LogP contribution in [0.4, 0.5) is 19.3 Å². The number of nitrogens with one attached hydrogen (secondary N) is 1. The third kappa shape index (κ3) is 12.1. The van der Waals surface area contributed by atoms with Crippen LogP contribution in [0.1, 0.15) is 50.7 Å². The number of carboxylic acids is 1. The number of amides is 2. The van der Waals surface area contributed by atoms with E-state index >= 15 is 0 Å². The molecule has 2 amide bonds. The minimum Gasteiger partial charge on any atom is -0.492 e. The maximum absolute atomic E-state index is 13.1. The van der Waals surface area contributed by atoms with E-state index in [1.54, 1.807) is 36.1 Å². The van der Waals surface area contributed by atoms with Gasteiger partial charge >= 0.3 is 12.0 Å². The first-order chi connectivity index (χ1) is 17.6. The quantitative estimate of drug-likeness (QED) is 0.259. The van der Waals surface area contributed by atoms with Crippen molar-refractivity contribution in [3.05, 3.63) is 59.7 Å². The number of alkyl halides is 2. The fraction of sp³-hybridized carbons (Fsp3) is 0.500. The molecule has 1 atom stereocenters. The Hall–Kier alpha value is -3.20. The molecule has 0 radical (unpaired) electrons. The lowest BCUT2D eigenvalue weighted by molar-refractivity contribution is -0.149. The SMILES string of the molecule is CCOC(Cc1ccc(OCCN(CCCCCC(C)(F)F)C(=O)Nc2cccc(C)c2)cc1)C(=O)O. The monoisotopic (exact) mass is 520 g/mol. The zero-order chi connectivity index (χ0) is 27.3. The largest absolute Gasteiger partial charge is 0.492 e. The van der Waals surface area contributed by atoms with Crippen LogP contribution in [0.3, 0.4) is 0 Å². The number of aliphatic carboxylic acids is 1. The number of ether oxygens (including phenoxy) is 2. The van der Waals surface area contributed by atoms with Gasteiger partial charge in [0.2, 0.25) is 5.92 Å². The number of halogens is 2. The van der Waals surface area contributed by atoms with Crippen LogP contribution < -0.4 is 10.1 Å². The van der Waals surface area contributed by atoms with E-state index in [4.69, 9.17) is 9.47 Å². The third-order valence-electron chi connectivity index (χ3n) is 5.72. The van der Waals surface area contributed by atoms with Gasteiger partial charge in [-0.1, -0.05) is 30.7 Å². The minimum atomic E-state index is -2.68. The number of carboxylic acid groups (broad SMARTS) is 1. The molecule has 2 aromatic carbocycles. The molecule has 0 bridgehead atoms. The average molecular weight is 521 g/mol. The van der Waals surface area contributed by atoms with Crippen molar-refractivity contribution in [2.45, 2.75) is 64.9 Å². The van der Waals surface area contributed by atoms with Crippen molar-refractivity contribution in [2.75, 3.05) is 31.6 Å². The number of anilines is 1. The van der Waals surface area contributed by atoms with E-state index in [9.17, 15) is 23.5 Å². The van der Waals surface area contributed by atoms with Crippen molar-refractivity contribution < 1.29 is 33.0 Å². The summed E-state index contributed by atoms with van der Waals surface area (Å²) >= 11 is 0. The Morgan fingerprint density at radius 3 is 2.43 bits per heavy atom. The number of hydrogen-bond donors (Lipinski definition) is 2. The topological polar surface area (TPSA) is 88.1 Å². The molecule has 1 unspecified atom stereocenters. The highest BCUT2D eigenvalue weighted by Gasteiger charge is 2.20. The van der Waals surface area contributed by atoms with Gasteiger partial charge in [0, 0.05) is 31.7 Å². The van der Waals surface area contributed by atoms with Gasteiger partial charge in [-0.25, -0.2) is 18.4 Å². The highest BCUT2D eigenvalue weighted by molar-refractivity contribution is 5.89. The number of hydrogen-bond acceptors (Lipinski definition) is 4. The molecule has 2 N–H and O–H groups in total. The molecule has 0 saturated heterocycles. The molecule has 0 aliphatic heterocycles. The summed E-state index contributed by atoms with van der Waals surface area (Å²) in [5, 5.41) is 12.1. The molecule has 2 aromatic rings. The first-order valence-corrected chi connectivity index (χ1v) is 12.6. The van der Waals surface area contributed by atoms with Gasteiger partial charge in [0.05, 0.1) is 6.54 Å². The highest BCUT2D eigenvalue weighted by Crippen LogP contribution is 2.20. The minimum absolute atomic E-state index is 0.167. The Balaban J connectivity index is 1.91. The van der Waals surface area contributed by atoms with E-state index in [2.05, 4.69) is 5.32 Å². The predicted octanol–water partition coefficient (Wildman–Crippen LogP) is 6.16. The van der Waals surface area contributed by atoms with Gasteiger partial charge in [-0.15, -0.1) is 0 Å². The van der Waals surface area contributed by atoms with Crippen molar-refractivity contribution in [1.29, 1.82) is 0 Å². The molecular formula is C28H38F2N2O5. The third-order valence-corrected chi connectivity index (χ3v) is 5.72. The molecule has 0 aliphatic carbocycles. The fourth-order valence-electron chi connectivity index (χ4n) is 3.78. The summed E-state index contributed by atoms with van der Waals surface area (Å²) < 4.78 is 37.2. The summed E-state index contributed by atoms with van der Waals surface area (Å²) in [6.07, 6.45) is 0.780. The second kappa shape index (κ2) is 15.1. The van der Waals surface area contributed by atoms with Crippen molar-refractivity contribution >= 4 is 17.7 Å². The highest BCUT2D eigenvalue weighted by atomic mass is 19.3. The van der Waals surface area contributed by atoms with Crippen LogP contribution in [0.25, 0.3) is 0 Å². The van der Waals surface area contributed by atoms with Gasteiger partial charge in [-0.3, -0.25) is 0 Å². The number of benzene rings is 2. The van der Waals surface area contributed by atoms with Crippen LogP contribution in [0, 0.1) is 6.92 Å². The molecule has 37 heavy (non-hydrogen) atoms. The maximum atomic E-state index is 13.1. The number of urea groups is 1. The van der Waals surface area contributed by atoms with Crippen LogP contribution >= 0.6 is 0 Å². The van der Waals surface area contributed by atoms with Crippen molar-refractivity contribution in [1.82, 2.24) is 4.90 Å². The normalized spacial score (nSPS) is 12.1. The lowest BCUT2D eigenvalue weighted by Gasteiger charge is -2.23. The first kappa shape index (κ1) is 30.0. The molecular weight excluding hydrogens is 482 g/mol. The molecule has 0 aromatic heterocycles. The van der Waals surface area contributed by atoms with E-state index in [1.165, 1.54) is 0 Å². The van der Waals surface area contributed by atoms with E-state index < -0.39 is 18.0 Å². The summed E-state index contributed by atoms with van der Waals surface area (Å²) in [4.78, 5) is 25.8. The zero-order valence-corrected chi connectivity index (χ0v) is 21.8. The number of carbonyl (C=O) groups excluding carboxylic acids is 1. The van der Waals surface area contributed by atoms with Crippen LogP contribution in [-0.4, -0.2) is 60.3 Å². The Morgan fingerprint density at radius 1 is 1.08 bits per heavy atom. The van der Waals surface area contributed by atoms with Gasteiger partial charge in [-0.05, 0) is 69.0 Å². The molecule has 0 heterocycles. The van der Waals surface area contributed by atoms with E-state index in [-0.39, 0.29) is 25.5 Å². The van der Waals surface area contributed by atoms with Crippen molar-refractivity contribution in [3.8, 4) is 5.75 Å². The first-order valence-electron chi connectivity index (χ1n) is 12.6. The zero-order valence-electron chi connectivity index (χ0n) is 21.8. The van der Waals surface area contributed by atoms with Crippen LogP contribution in [0.5, 0.6) is 5.75 Å². The summed E-state index contributed by atoms with van der Waals surface area (Å²) in [5.41, 5.74) is 2.52.